The fourth-order valence-electron chi connectivity index (χ4n) is 3.70. The van der Waals surface area contributed by atoms with Crippen molar-refractivity contribution in [1.82, 2.24) is 4.90 Å². The average Bonchev–Trinajstić information content (AvgIpc) is 3.22. The van der Waals surface area contributed by atoms with Crippen molar-refractivity contribution in [3.63, 3.8) is 0 Å². The number of benzene rings is 1. The Kier molecular flexibility index (Phi) is 3.94. The molecule has 1 saturated carbocycles. The lowest BCUT2D eigenvalue weighted by atomic mass is 9.90. The van der Waals surface area contributed by atoms with Crippen LogP contribution in [0.15, 0.2) is 24.3 Å². The molecule has 3 rings (SSSR count). The predicted molar refractivity (Wildman–Crippen MR) is 83.5 cm³/mol. The molecular weight excluding hydrogens is 278 g/mol. The summed E-state index contributed by atoms with van der Waals surface area (Å²) in [6.07, 6.45) is 3.90. The molecule has 1 aromatic carbocycles. The molecule has 1 unspecified atom stereocenters. The van der Waals surface area contributed by atoms with Gasteiger partial charge < -0.3 is 10.0 Å². The van der Waals surface area contributed by atoms with E-state index in [1.807, 2.05) is 17.0 Å². The van der Waals surface area contributed by atoms with Crippen molar-refractivity contribution in [3.05, 3.63) is 35.4 Å². The molecule has 4 nitrogen and oxygen atoms in total. The summed E-state index contributed by atoms with van der Waals surface area (Å²) in [6.45, 7) is 3.52. The van der Waals surface area contributed by atoms with Crippen molar-refractivity contribution in [3.8, 4) is 0 Å². The van der Waals surface area contributed by atoms with Gasteiger partial charge in [0.25, 0.3) is 0 Å². The maximum Gasteiger partial charge on any atom is 0.307 e. The molecule has 0 radical (unpaired) electrons. The summed E-state index contributed by atoms with van der Waals surface area (Å²) >= 11 is 0. The molecule has 22 heavy (non-hydrogen) atoms. The zero-order chi connectivity index (χ0) is 15.7. The highest BCUT2D eigenvalue weighted by Crippen LogP contribution is 2.59. The maximum atomic E-state index is 12.4. The molecular formula is C18H23NO3. The van der Waals surface area contributed by atoms with Crippen LogP contribution in [-0.4, -0.2) is 35.0 Å². The zero-order valence-corrected chi connectivity index (χ0v) is 13.0. The van der Waals surface area contributed by atoms with Gasteiger partial charge in [-0.3, -0.25) is 9.59 Å². The number of hydrogen-bond acceptors (Lipinski definition) is 2. The second-order valence-electron chi connectivity index (χ2n) is 6.69. The van der Waals surface area contributed by atoms with Gasteiger partial charge in [0, 0.05) is 13.1 Å². The van der Waals surface area contributed by atoms with Crippen LogP contribution in [0.4, 0.5) is 0 Å². The number of rotatable bonds is 4. The van der Waals surface area contributed by atoms with Gasteiger partial charge in [0.05, 0.1) is 12.3 Å². The van der Waals surface area contributed by atoms with Gasteiger partial charge in [-0.1, -0.05) is 31.2 Å². The van der Waals surface area contributed by atoms with Crippen LogP contribution in [-0.2, 0) is 22.4 Å². The Morgan fingerprint density at radius 3 is 2.55 bits per heavy atom. The normalized spacial score (nSPS) is 22.6. The molecule has 1 aromatic rings. The van der Waals surface area contributed by atoms with Crippen molar-refractivity contribution in [2.24, 2.45) is 11.3 Å². The van der Waals surface area contributed by atoms with E-state index in [4.69, 9.17) is 5.11 Å². The standard InChI is InChI=1S/C18H23NO3/c1-2-13-4-3-5-14(10-13)11-16(20)19-8-6-18(7-9-19)12-15(18)17(21)22/h3-5,10,15H,2,6-9,11-12H2,1H3,(H,21,22). The summed E-state index contributed by atoms with van der Waals surface area (Å²) < 4.78 is 0. The summed E-state index contributed by atoms with van der Waals surface area (Å²) in [4.78, 5) is 25.4. The van der Waals surface area contributed by atoms with Crippen molar-refractivity contribution in [1.29, 1.82) is 0 Å². The number of likely N-dealkylation sites (tertiary alicyclic amines) is 1. The summed E-state index contributed by atoms with van der Waals surface area (Å²) in [5.74, 6) is -0.683. The van der Waals surface area contributed by atoms with E-state index in [1.54, 1.807) is 0 Å². The molecule has 1 atom stereocenters. The molecule has 118 valence electrons. The van der Waals surface area contributed by atoms with Gasteiger partial charge in [-0.2, -0.15) is 0 Å². The number of carbonyl (C=O) groups excluding carboxylic acids is 1. The Morgan fingerprint density at radius 2 is 1.95 bits per heavy atom. The van der Waals surface area contributed by atoms with E-state index in [0.717, 1.165) is 31.2 Å². The van der Waals surface area contributed by atoms with Crippen LogP contribution >= 0.6 is 0 Å². The van der Waals surface area contributed by atoms with Crippen molar-refractivity contribution in [2.45, 2.75) is 39.0 Å². The lowest BCUT2D eigenvalue weighted by Gasteiger charge is -2.32. The summed E-state index contributed by atoms with van der Waals surface area (Å²) in [5.41, 5.74) is 2.31. The minimum Gasteiger partial charge on any atom is -0.481 e. The topological polar surface area (TPSA) is 57.6 Å². The number of amides is 1. The Morgan fingerprint density at radius 1 is 1.27 bits per heavy atom. The number of piperidine rings is 1. The smallest absolute Gasteiger partial charge is 0.307 e. The van der Waals surface area contributed by atoms with Gasteiger partial charge in [0.2, 0.25) is 5.91 Å². The second-order valence-corrected chi connectivity index (χ2v) is 6.69. The van der Waals surface area contributed by atoms with Crippen LogP contribution in [0, 0.1) is 11.3 Å². The van der Waals surface area contributed by atoms with Crippen molar-refractivity contribution < 1.29 is 14.7 Å². The van der Waals surface area contributed by atoms with E-state index in [1.165, 1.54) is 5.56 Å². The molecule has 1 aliphatic heterocycles. The van der Waals surface area contributed by atoms with E-state index >= 15 is 0 Å². The molecule has 2 aliphatic rings. The number of carboxylic acid groups (broad SMARTS) is 1. The Balaban J connectivity index is 1.55. The first kappa shape index (κ1) is 15.1. The van der Waals surface area contributed by atoms with Crippen LogP contribution in [0.25, 0.3) is 0 Å². The first-order valence-electron chi connectivity index (χ1n) is 8.12. The summed E-state index contributed by atoms with van der Waals surface area (Å²) in [6, 6.07) is 8.20. The van der Waals surface area contributed by atoms with E-state index in [9.17, 15) is 9.59 Å². The van der Waals surface area contributed by atoms with E-state index in [-0.39, 0.29) is 17.2 Å². The highest BCUT2D eigenvalue weighted by molar-refractivity contribution is 5.79. The predicted octanol–water partition coefficient (Wildman–Crippen LogP) is 2.50. The third-order valence-corrected chi connectivity index (χ3v) is 5.35. The van der Waals surface area contributed by atoms with Gasteiger partial charge >= 0.3 is 5.97 Å². The fraction of sp³-hybridized carbons (Fsp3) is 0.556. The summed E-state index contributed by atoms with van der Waals surface area (Å²) in [7, 11) is 0. The monoisotopic (exact) mass is 301 g/mol. The molecule has 1 amide bonds. The van der Waals surface area contributed by atoms with Gasteiger partial charge in [-0.25, -0.2) is 0 Å². The molecule has 1 spiro atoms. The Bertz CT molecular complexity index is 588. The maximum absolute atomic E-state index is 12.4. The first-order chi connectivity index (χ1) is 10.5. The third kappa shape index (κ3) is 2.87. The lowest BCUT2D eigenvalue weighted by Crippen LogP contribution is -2.40. The van der Waals surface area contributed by atoms with Crippen molar-refractivity contribution in [2.75, 3.05) is 13.1 Å². The van der Waals surface area contributed by atoms with Crippen molar-refractivity contribution >= 4 is 11.9 Å². The SMILES string of the molecule is CCc1cccc(CC(=O)N2CCC3(CC2)CC3C(=O)O)c1. The number of aliphatic carboxylic acids is 1. The average molecular weight is 301 g/mol. The first-order valence-corrected chi connectivity index (χ1v) is 8.12. The second kappa shape index (κ2) is 5.75. The van der Waals surface area contributed by atoms with Gasteiger partial charge in [-0.15, -0.1) is 0 Å². The molecule has 2 fully saturated rings. The molecule has 0 bridgehead atoms. The molecule has 1 saturated heterocycles. The number of hydrogen-bond donors (Lipinski definition) is 1. The zero-order valence-electron chi connectivity index (χ0n) is 13.0. The number of carbonyl (C=O) groups is 2. The quantitative estimate of drug-likeness (QED) is 0.929. The Labute approximate surface area is 131 Å². The van der Waals surface area contributed by atoms with E-state index in [2.05, 4.69) is 19.1 Å². The molecule has 1 heterocycles. The molecule has 1 aliphatic carbocycles. The minimum atomic E-state index is -0.670. The summed E-state index contributed by atoms with van der Waals surface area (Å²) in [5, 5.41) is 9.11. The van der Waals surface area contributed by atoms with Crippen LogP contribution < -0.4 is 0 Å². The highest BCUT2D eigenvalue weighted by Gasteiger charge is 2.59. The highest BCUT2D eigenvalue weighted by atomic mass is 16.4. The van der Waals surface area contributed by atoms with Crippen LogP contribution in [0.3, 0.4) is 0 Å². The van der Waals surface area contributed by atoms with Crippen LogP contribution in [0.2, 0.25) is 0 Å². The number of aryl methyl sites for hydroxylation is 1. The van der Waals surface area contributed by atoms with Gasteiger partial charge in [0.1, 0.15) is 0 Å². The minimum absolute atomic E-state index is 0.00919. The molecule has 0 aromatic heterocycles. The lowest BCUT2D eigenvalue weighted by molar-refractivity contribution is -0.139. The number of carboxylic acids is 1. The van der Waals surface area contributed by atoms with E-state index < -0.39 is 5.97 Å². The molecule has 1 N–H and O–H groups in total. The molecule has 4 heteroatoms. The van der Waals surface area contributed by atoms with Gasteiger partial charge in [0.15, 0.2) is 0 Å². The fourth-order valence-corrected chi connectivity index (χ4v) is 3.70. The van der Waals surface area contributed by atoms with E-state index in [0.29, 0.717) is 19.5 Å². The largest absolute Gasteiger partial charge is 0.481 e. The number of nitrogens with zero attached hydrogens (tertiary/aromatic N) is 1. The third-order valence-electron chi connectivity index (χ3n) is 5.35. The van der Waals surface area contributed by atoms with Gasteiger partial charge in [-0.05, 0) is 42.2 Å². The van der Waals surface area contributed by atoms with Crippen LogP contribution in [0.5, 0.6) is 0 Å². The Hall–Kier alpha value is -1.84. The van der Waals surface area contributed by atoms with Crippen LogP contribution in [0.1, 0.15) is 37.3 Å².